The van der Waals surface area contributed by atoms with Crippen molar-refractivity contribution < 1.29 is 0 Å². The molecule has 0 aromatic carbocycles. The van der Waals surface area contributed by atoms with E-state index in [1.807, 2.05) is 6.07 Å². The van der Waals surface area contributed by atoms with Crippen LogP contribution < -0.4 is 10.6 Å². The van der Waals surface area contributed by atoms with Gasteiger partial charge in [0.1, 0.15) is 12.1 Å². The number of fused-ring (bicyclic) bond motifs is 1. The van der Waals surface area contributed by atoms with Crippen molar-refractivity contribution in [3.05, 3.63) is 22.9 Å². The van der Waals surface area contributed by atoms with Crippen LogP contribution in [0.3, 0.4) is 0 Å². The SMILES string of the molecule is CCN(CCCBr)c1cc2n[nH]c(=O)n2cn1. The summed E-state index contributed by atoms with van der Waals surface area (Å²) in [6.45, 7) is 3.89. The second-order valence-electron chi connectivity index (χ2n) is 3.63. The van der Waals surface area contributed by atoms with E-state index in [1.54, 1.807) is 0 Å². The molecule has 0 aliphatic heterocycles. The van der Waals surface area contributed by atoms with E-state index >= 15 is 0 Å². The molecule has 0 unspecified atom stereocenters. The number of rotatable bonds is 5. The number of nitrogens with zero attached hydrogens (tertiary/aromatic N) is 4. The smallest absolute Gasteiger partial charge is 0.348 e. The molecule has 0 saturated heterocycles. The van der Waals surface area contributed by atoms with Crippen molar-refractivity contribution in [2.75, 3.05) is 23.3 Å². The highest BCUT2D eigenvalue weighted by Gasteiger charge is 2.08. The molecule has 0 aliphatic carbocycles. The maximum absolute atomic E-state index is 11.3. The molecule has 0 fully saturated rings. The predicted octanol–water partition coefficient (Wildman–Crippen LogP) is 1.03. The molecular formula is C10H14BrN5O. The lowest BCUT2D eigenvalue weighted by molar-refractivity contribution is 0.781. The first-order valence-electron chi connectivity index (χ1n) is 5.50. The van der Waals surface area contributed by atoms with E-state index < -0.39 is 0 Å². The predicted molar refractivity (Wildman–Crippen MR) is 69.9 cm³/mol. The van der Waals surface area contributed by atoms with Crippen molar-refractivity contribution in [2.45, 2.75) is 13.3 Å². The number of hydrogen-bond acceptors (Lipinski definition) is 4. The van der Waals surface area contributed by atoms with Crippen molar-refractivity contribution in [2.24, 2.45) is 0 Å². The first-order valence-corrected chi connectivity index (χ1v) is 6.62. The number of nitrogens with one attached hydrogen (secondary N) is 1. The number of hydrogen-bond donors (Lipinski definition) is 1. The van der Waals surface area contributed by atoms with Gasteiger partial charge in [0.05, 0.1) is 0 Å². The number of alkyl halides is 1. The van der Waals surface area contributed by atoms with Crippen molar-refractivity contribution in [3.8, 4) is 0 Å². The van der Waals surface area contributed by atoms with Crippen LogP contribution >= 0.6 is 15.9 Å². The van der Waals surface area contributed by atoms with Crippen LogP contribution in [0, 0.1) is 0 Å². The Morgan fingerprint density at radius 2 is 2.41 bits per heavy atom. The standard InChI is InChI=1S/C10H14BrN5O/c1-2-15(5-3-4-11)8-6-9-13-14-10(17)16(9)7-12-8/h6-7H,2-5H2,1H3,(H,14,17). The highest BCUT2D eigenvalue weighted by Crippen LogP contribution is 2.11. The molecule has 0 radical (unpaired) electrons. The summed E-state index contributed by atoms with van der Waals surface area (Å²) < 4.78 is 1.39. The Bertz CT molecular complexity index is 549. The molecule has 92 valence electrons. The third kappa shape index (κ3) is 2.49. The van der Waals surface area contributed by atoms with Crippen molar-refractivity contribution in [1.29, 1.82) is 0 Å². The minimum absolute atomic E-state index is 0.262. The van der Waals surface area contributed by atoms with Gasteiger partial charge in [0, 0.05) is 24.5 Å². The Kier molecular flexibility index (Phi) is 3.78. The van der Waals surface area contributed by atoms with Gasteiger partial charge in [0.2, 0.25) is 0 Å². The molecule has 2 rings (SSSR count). The summed E-state index contributed by atoms with van der Waals surface area (Å²) in [4.78, 5) is 17.7. The van der Waals surface area contributed by atoms with Crippen LogP contribution in [0.1, 0.15) is 13.3 Å². The highest BCUT2D eigenvalue weighted by atomic mass is 79.9. The number of H-pyrrole nitrogens is 1. The zero-order valence-corrected chi connectivity index (χ0v) is 11.1. The van der Waals surface area contributed by atoms with Crippen LogP contribution in [-0.2, 0) is 0 Å². The van der Waals surface area contributed by atoms with E-state index in [2.05, 4.69) is 42.9 Å². The molecule has 0 spiro atoms. The van der Waals surface area contributed by atoms with Crippen molar-refractivity contribution >= 4 is 27.4 Å². The fourth-order valence-corrected chi connectivity index (χ4v) is 1.91. The molecule has 2 heterocycles. The Balaban J connectivity index is 2.30. The van der Waals surface area contributed by atoms with E-state index in [0.29, 0.717) is 5.65 Å². The van der Waals surface area contributed by atoms with Gasteiger partial charge in [0.15, 0.2) is 5.65 Å². The van der Waals surface area contributed by atoms with Crippen LogP contribution in [-0.4, -0.2) is 38.0 Å². The summed E-state index contributed by atoms with van der Waals surface area (Å²) in [7, 11) is 0. The number of aromatic amines is 1. The molecule has 7 heteroatoms. The molecule has 0 amide bonds. The third-order valence-electron chi connectivity index (χ3n) is 2.56. The first-order chi connectivity index (χ1) is 8.26. The monoisotopic (exact) mass is 299 g/mol. The lowest BCUT2D eigenvalue weighted by Crippen LogP contribution is -2.25. The molecule has 0 saturated carbocycles. The van der Waals surface area contributed by atoms with Gasteiger partial charge in [-0.05, 0) is 13.3 Å². The summed E-state index contributed by atoms with van der Waals surface area (Å²) in [5.41, 5.74) is 0.333. The first kappa shape index (κ1) is 12.1. The Morgan fingerprint density at radius 3 is 3.12 bits per heavy atom. The number of anilines is 1. The molecule has 0 aliphatic rings. The molecule has 6 nitrogen and oxygen atoms in total. The molecule has 2 aromatic heterocycles. The summed E-state index contributed by atoms with van der Waals surface area (Å²) >= 11 is 3.41. The van der Waals surface area contributed by atoms with Gasteiger partial charge < -0.3 is 4.90 Å². The topological polar surface area (TPSA) is 66.3 Å². The van der Waals surface area contributed by atoms with Gasteiger partial charge in [-0.1, -0.05) is 15.9 Å². The van der Waals surface area contributed by atoms with E-state index in [0.717, 1.165) is 30.7 Å². The van der Waals surface area contributed by atoms with E-state index in [1.165, 1.54) is 10.7 Å². The fraction of sp³-hybridized carbons (Fsp3) is 0.500. The van der Waals surface area contributed by atoms with Gasteiger partial charge in [-0.3, -0.25) is 0 Å². The van der Waals surface area contributed by atoms with Gasteiger partial charge in [0.25, 0.3) is 0 Å². The van der Waals surface area contributed by atoms with Crippen LogP contribution in [0.2, 0.25) is 0 Å². The van der Waals surface area contributed by atoms with Crippen LogP contribution in [0.25, 0.3) is 5.65 Å². The lowest BCUT2D eigenvalue weighted by atomic mass is 10.4. The van der Waals surface area contributed by atoms with E-state index in [4.69, 9.17) is 0 Å². The second kappa shape index (κ2) is 5.31. The zero-order chi connectivity index (χ0) is 12.3. The minimum Gasteiger partial charge on any atom is -0.357 e. The van der Waals surface area contributed by atoms with E-state index in [-0.39, 0.29) is 5.69 Å². The summed E-state index contributed by atoms with van der Waals surface area (Å²) in [6, 6.07) is 1.82. The van der Waals surface area contributed by atoms with Crippen molar-refractivity contribution in [3.63, 3.8) is 0 Å². The largest absolute Gasteiger partial charge is 0.357 e. The maximum atomic E-state index is 11.3. The van der Waals surface area contributed by atoms with Gasteiger partial charge in [-0.2, -0.15) is 5.10 Å². The third-order valence-corrected chi connectivity index (χ3v) is 3.12. The van der Waals surface area contributed by atoms with Gasteiger partial charge in [-0.25, -0.2) is 19.3 Å². The lowest BCUT2D eigenvalue weighted by Gasteiger charge is -2.21. The highest BCUT2D eigenvalue weighted by molar-refractivity contribution is 9.09. The second-order valence-corrected chi connectivity index (χ2v) is 4.42. The average Bonchev–Trinajstić information content (AvgIpc) is 2.72. The average molecular weight is 300 g/mol. The number of halogens is 1. The van der Waals surface area contributed by atoms with Gasteiger partial charge >= 0.3 is 5.69 Å². The zero-order valence-electron chi connectivity index (χ0n) is 9.56. The summed E-state index contributed by atoms with van der Waals surface area (Å²) in [6.07, 6.45) is 2.56. The van der Waals surface area contributed by atoms with E-state index in [9.17, 15) is 4.79 Å². The molecular weight excluding hydrogens is 286 g/mol. The normalized spacial score (nSPS) is 10.9. The molecule has 0 atom stereocenters. The van der Waals surface area contributed by atoms with Crippen LogP contribution in [0.4, 0.5) is 5.82 Å². The Morgan fingerprint density at radius 1 is 1.59 bits per heavy atom. The van der Waals surface area contributed by atoms with Crippen LogP contribution in [0.5, 0.6) is 0 Å². The number of aromatic nitrogens is 4. The van der Waals surface area contributed by atoms with Crippen molar-refractivity contribution in [1.82, 2.24) is 19.6 Å². The van der Waals surface area contributed by atoms with Gasteiger partial charge in [-0.15, -0.1) is 0 Å². The molecule has 0 bridgehead atoms. The molecule has 2 aromatic rings. The molecule has 1 N–H and O–H groups in total. The minimum atomic E-state index is -0.262. The van der Waals surface area contributed by atoms with Crippen LogP contribution in [0.15, 0.2) is 17.2 Å². The summed E-state index contributed by atoms with van der Waals surface area (Å²) in [5.74, 6) is 0.847. The Labute approximate surface area is 107 Å². The Hall–Kier alpha value is -1.37. The summed E-state index contributed by atoms with van der Waals surface area (Å²) in [5, 5.41) is 7.29. The molecule has 17 heavy (non-hydrogen) atoms. The maximum Gasteiger partial charge on any atom is 0.348 e. The fourth-order valence-electron chi connectivity index (χ4n) is 1.66. The quantitative estimate of drug-likeness (QED) is 0.838.